The van der Waals surface area contributed by atoms with Crippen LogP contribution in [-0.4, -0.2) is 17.3 Å². The Morgan fingerprint density at radius 3 is 2.61 bits per heavy atom. The Morgan fingerprint density at radius 2 is 2.06 bits per heavy atom. The fourth-order valence-electron chi connectivity index (χ4n) is 1.69. The molecule has 0 aliphatic carbocycles. The van der Waals surface area contributed by atoms with Crippen LogP contribution in [0.2, 0.25) is 0 Å². The molecule has 2 nitrogen and oxygen atoms in total. The molecular weight excluding hydrogens is 358 g/mol. The molecule has 18 heavy (non-hydrogen) atoms. The predicted octanol–water partition coefficient (Wildman–Crippen LogP) is 4.30. The number of aryl methyl sites for hydroxylation is 1. The third kappa shape index (κ3) is 5.11. The van der Waals surface area contributed by atoms with Gasteiger partial charge in [-0.2, -0.15) is 0 Å². The van der Waals surface area contributed by atoms with Crippen LogP contribution in [0.1, 0.15) is 36.2 Å². The molecule has 0 aliphatic rings. The first-order chi connectivity index (χ1) is 8.40. The van der Waals surface area contributed by atoms with Gasteiger partial charge >= 0.3 is 0 Å². The maximum absolute atomic E-state index is 12.0. The molecule has 0 saturated heterocycles. The van der Waals surface area contributed by atoms with Crippen LogP contribution in [0.25, 0.3) is 0 Å². The highest BCUT2D eigenvalue weighted by Crippen LogP contribution is 2.17. The van der Waals surface area contributed by atoms with Crippen molar-refractivity contribution >= 4 is 37.8 Å². The molecule has 0 spiro atoms. The molecule has 1 rings (SSSR count). The summed E-state index contributed by atoms with van der Waals surface area (Å²) in [6.45, 7) is 6.99. The van der Waals surface area contributed by atoms with Crippen molar-refractivity contribution in [3.05, 3.63) is 33.8 Å². The molecule has 0 saturated carbocycles. The van der Waals surface area contributed by atoms with Crippen molar-refractivity contribution in [3.63, 3.8) is 0 Å². The summed E-state index contributed by atoms with van der Waals surface area (Å²) in [5, 5.41) is 2.95. The van der Waals surface area contributed by atoms with Gasteiger partial charge in [-0.3, -0.25) is 4.79 Å². The van der Waals surface area contributed by atoms with Crippen LogP contribution in [0.4, 0.5) is 0 Å². The number of amides is 1. The van der Waals surface area contributed by atoms with Gasteiger partial charge in [0.25, 0.3) is 5.91 Å². The van der Waals surface area contributed by atoms with Crippen LogP contribution >= 0.6 is 31.9 Å². The molecule has 1 unspecified atom stereocenters. The molecule has 1 atom stereocenters. The Hall–Kier alpha value is -0.350. The highest BCUT2D eigenvalue weighted by Gasteiger charge is 2.11. The average molecular weight is 377 g/mol. The lowest BCUT2D eigenvalue weighted by molar-refractivity contribution is 0.0953. The molecule has 0 bridgehead atoms. The summed E-state index contributed by atoms with van der Waals surface area (Å²) < 4.78 is 1.03. The molecular formula is C14H19Br2NO. The van der Waals surface area contributed by atoms with Gasteiger partial charge in [0, 0.05) is 21.4 Å². The minimum absolute atomic E-state index is 0.0150. The van der Waals surface area contributed by atoms with Gasteiger partial charge < -0.3 is 5.32 Å². The van der Waals surface area contributed by atoms with Gasteiger partial charge in [-0.1, -0.05) is 45.7 Å². The fourth-order valence-corrected chi connectivity index (χ4v) is 2.84. The molecule has 0 heterocycles. The smallest absolute Gasteiger partial charge is 0.251 e. The molecule has 1 aromatic carbocycles. The predicted molar refractivity (Wildman–Crippen MR) is 83.4 cm³/mol. The molecule has 0 aliphatic heterocycles. The van der Waals surface area contributed by atoms with Gasteiger partial charge in [-0.15, -0.1) is 0 Å². The van der Waals surface area contributed by atoms with Crippen LogP contribution in [0.3, 0.4) is 0 Å². The van der Waals surface area contributed by atoms with Gasteiger partial charge in [0.05, 0.1) is 0 Å². The number of carbonyl (C=O) groups is 1. The average Bonchev–Trinajstić information content (AvgIpc) is 2.28. The summed E-state index contributed by atoms with van der Waals surface area (Å²) in [5.41, 5.74) is 1.78. The topological polar surface area (TPSA) is 29.1 Å². The molecule has 100 valence electrons. The Kier molecular flexibility index (Phi) is 6.36. The first kappa shape index (κ1) is 15.7. The van der Waals surface area contributed by atoms with E-state index in [1.54, 1.807) is 0 Å². The molecule has 0 radical (unpaired) electrons. The number of nitrogens with one attached hydrogen (secondary N) is 1. The van der Waals surface area contributed by atoms with Crippen LogP contribution < -0.4 is 5.32 Å². The third-order valence-electron chi connectivity index (χ3n) is 2.63. The Morgan fingerprint density at radius 1 is 1.39 bits per heavy atom. The van der Waals surface area contributed by atoms with Gasteiger partial charge in [0.1, 0.15) is 0 Å². The van der Waals surface area contributed by atoms with E-state index in [1.807, 2.05) is 25.1 Å². The summed E-state index contributed by atoms with van der Waals surface area (Å²) in [7, 11) is 0. The quantitative estimate of drug-likeness (QED) is 0.762. The van der Waals surface area contributed by atoms with Crippen LogP contribution in [0, 0.1) is 12.8 Å². The van der Waals surface area contributed by atoms with Crippen molar-refractivity contribution in [3.8, 4) is 0 Å². The molecule has 1 aromatic rings. The molecule has 4 heteroatoms. The van der Waals surface area contributed by atoms with E-state index in [0.717, 1.165) is 16.5 Å². The van der Waals surface area contributed by atoms with Crippen LogP contribution in [0.5, 0.6) is 0 Å². The number of rotatable bonds is 5. The number of alkyl halides is 1. The lowest BCUT2D eigenvalue weighted by atomic mass is 10.1. The highest BCUT2D eigenvalue weighted by molar-refractivity contribution is 9.10. The van der Waals surface area contributed by atoms with E-state index >= 15 is 0 Å². The fraction of sp³-hybridized carbons (Fsp3) is 0.500. The zero-order valence-electron chi connectivity index (χ0n) is 11.0. The second-order valence-corrected chi connectivity index (χ2v) is 7.05. The lowest BCUT2D eigenvalue weighted by Crippen LogP contribution is -2.30. The number of benzene rings is 1. The third-order valence-corrected chi connectivity index (χ3v) is 4.22. The van der Waals surface area contributed by atoms with Crippen LogP contribution in [-0.2, 0) is 0 Å². The maximum atomic E-state index is 12.0. The van der Waals surface area contributed by atoms with Gasteiger partial charge in [0.15, 0.2) is 0 Å². The monoisotopic (exact) mass is 375 g/mol. The maximum Gasteiger partial charge on any atom is 0.251 e. The van der Waals surface area contributed by atoms with E-state index in [9.17, 15) is 4.79 Å². The Bertz CT molecular complexity index is 418. The van der Waals surface area contributed by atoms with E-state index in [0.29, 0.717) is 22.9 Å². The molecule has 0 aromatic heterocycles. The van der Waals surface area contributed by atoms with E-state index in [4.69, 9.17) is 0 Å². The van der Waals surface area contributed by atoms with Gasteiger partial charge in [-0.25, -0.2) is 0 Å². The van der Waals surface area contributed by atoms with Crippen LogP contribution in [0.15, 0.2) is 22.7 Å². The highest BCUT2D eigenvalue weighted by atomic mass is 79.9. The first-order valence-electron chi connectivity index (χ1n) is 6.08. The standard InChI is InChI=1S/C14H19Br2NO/c1-9(2)6-12(15)8-17-14(18)11-4-5-13(16)10(3)7-11/h4-5,7,9,12H,6,8H2,1-3H3,(H,17,18). The summed E-state index contributed by atoms with van der Waals surface area (Å²) in [6, 6.07) is 5.63. The summed E-state index contributed by atoms with van der Waals surface area (Å²) in [4.78, 5) is 12.3. The minimum atomic E-state index is -0.0150. The number of halogens is 2. The number of hydrogen-bond donors (Lipinski definition) is 1. The first-order valence-corrected chi connectivity index (χ1v) is 7.79. The summed E-state index contributed by atoms with van der Waals surface area (Å²) in [5.74, 6) is 0.611. The van der Waals surface area contributed by atoms with Crippen molar-refractivity contribution < 1.29 is 4.79 Å². The zero-order chi connectivity index (χ0) is 13.7. The second-order valence-electron chi connectivity index (χ2n) is 4.90. The van der Waals surface area contributed by atoms with Gasteiger partial charge in [-0.05, 0) is 43.0 Å². The van der Waals surface area contributed by atoms with E-state index in [1.165, 1.54) is 0 Å². The second kappa shape index (κ2) is 7.29. The van der Waals surface area contributed by atoms with E-state index in [2.05, 4.69) is 51.0 Å². The molecule has 1 amide bonds. The van der Waals surface area contributed by atoms with Crippen molar-refractivity contribution in [2.24, 2.45) is 5.92 Å². The van der Waals surface area contributed by atoms with Crippen molar-refractivity contribution in [1.82, 2.24) is 5.32 Å². The number of carbonyl (C=O) groups excluding carboxylic acids is 1. The van der Waals surface area contributed by atoms with E-state index < -0.39 is 0 Å². The zero-order valence-corrected chi connectivity index (χ0v) is 14.1. The lowest BCUT2D eigenvalue weighted by Gasteiger charge is -2.13. The Balaban J connectivity index is 2.52. The number of hydrogen-bond acceptors (Lipinski definition) is 1. The summed E-state index contributed by atoms with van der Waals surface area (Å²) in [6.07, 6.45) is 1.06. The van der Waals surface area contributed by atoms with Crippen molar-refractivity contribution in [2.45, 2.75) is 32.0 Å². The molecule has 0 fully saturated rings. The van der Waals surface area contributed by atoms with E-state index in [-0.39, 0.29) is 5.91 Å². The largest absolute Gasteiger partial charge is 0.351 e. The summed E-state index contributed by atoms with van der Waals surface area (Å²) >= 11 is 7.01. The van der Waals surface area contributed by atoms with Crippen molar-refractivity contribution in [1.29, 1.82) is 0 Å². The minimum Gasteiger partial charge on any atom is -0.351 e. The van der Waals surface area contributed by atoms with Gasteiger partial charge in [0.2, 0.25) is 0 Å². The molecule has 1 N–H and O–H groups in total. The Labute approximate surface area is 126 Å². The SMILES string of the molecule is Cc1cc(C(=O)NCC(Br)CC(C)C)ccc1Br. The normalized spacial score (nSPS) is 12.6. The van der Waals surface area contributed by atoms with Crippen molar-refractivity contribution in [2.75, 3.05) is 6.54 Å².